The summed E-state index contributed by atoms with van der Waals surface area (Å²) < 4.78 is 1.71. The smallest absolute Gasteiger partial charge is 0.214 e. The van der Waals surface area contributed by atoms with Crippen molar-refractivity contribution in [1.29, 1.82) is 5.26 Å². The first kappa shape index (κ1) is 15.5. The Morgan fingerprint density at radius 1 is 1.33 bits per heavy atom. The highest BCUT2D eigenvalue weighted by Gasteiger charge is 2.12. The molecule has 1 aromatic carbocycles. The molecular weight excluding hydrogens is 284 g/mol. The Balaban J connectivity index is 1.93. The monoisotopic (exact) mass is 302 g/mol. The molecule has 1 heterocycles. The van der Waals surface area contributed by atoms with E-state index in [1.54, 1.807) is 16.4 Å². The van der Waals surface area contributed by atoms with E-state index in [0.29, 0.717) is 6.04 Å². The van der Waals surface area contributed by atoms with Gasteiger partial charge in [-0.2, -0.15) is 9.94 Å². The van der Waals surface area contributed by atoms with Crippen molar-refractivity contribution in [1.82, 2.24) is 25.5 Å². The number of aromatic nitrogens is 4. The average Bonchev–Trinajstić information content (AvgIpc) is 2.95. The minimum absolute atomic E-state index is 0.140. The molecule has 1 atom stereocenters. The second-order valence-corrected chi connectivity index (χ2v) is 5.91. The number of nitrogens with zero attached hydrogens (tertiary/aromatic N) is 5. The summed E-state index contributed by atoms with van der Waals surface area (Å²) in [7, 11) is 0. The molecule has 0 saturated carbocycles. The predicted molar refractivity (Wildman–Crippen MR) is 82.2 cm³/mol. The highest BCUT2D eigenvalue weighted by molar-refractivity contribution is 7.99. The van der Waals surface area contributed by atoms with Crippen molar-refractivity contribution in [2.45, 2.75) is 37.5 Å². The van der Waals surface area contributed by atoms with Crippen LogP contribution < -0.4 is 5.32 Å². The minimum atomic E-state index is -0.140. The lowest BCUT2D eigenvalue weighted by Crippen LogP contribution is -2.33. The number of nitrogens with one attached hydrogen (secondary N) is 1. The standard InChI is InChI=1S/C14H18N6S/c1-11(2)16-12(10-15)8-9-21-14-17-18-19-20(14)13-6-4-3-5-7-13/h3-7,11-12,16H,8-9H2,1-2H3. The molecule has 21 heavy (non-hydrogen) atoms. The number of benzene rings is 1. The lowest BCUT2D eigenvalue weighted by molar-refractivity contribution is 0.522. The van der Waals surface area contributed by atoms with Crippen molar-refractivity contribution in [3.63, 3.8) is 0 Å². The van der Waals surface area contributed by atoms with Gasteiger partial charge in [-0.1, -0.05) is 30.0 Å². The summed E-state index contributed by atoms with van der Waals surface area (Å²) in [5.41, 5.74) is 0.933. The molecule has 0 aliphatic carbocycles. The molecule has 7 heteroatoms. The van der Waals surface area contributed by atoms with E-state index >= 15 is 0 Å². The minimum Gasteiger partial charge on any atom is -0.300 e. The Morgan fingerprint density at radius 2 is 2.10 bits per heavy atom. The largest absolute Gasteiger partial charge is 0.300 e. The maximum Gasteiger partial charge on any atom is 0.214 e. The maximum atomic E-state index is 9.10. The zero-order chi connectivity index (χ0) is 15.1. The Labute approximate surface area is 128 Å². The van der Waals surface area contributed by atoms with Crippen LogP contribution in [0.3, 0.4) is 0 Å². The van der Waals surface area contributed by atoms with Gasteiger partial charge in [0.2, 0.25) is 5.16 Å². The van der Waals surface area contributed by atoms with E-state index in [1.165, 1.54) is 0 Å². The van der Waals surface area contributed by atoms with E-state index < -0.39 is 0 Å². The number of nitriles is 1. The first-order valence-electron chi connectivity index (χ1n) is 6.83. The molecule has 0 fully saturated rings. The van der Waals surface area contributed by atoms with Crippen LogP contribution in [0.1, 0.15) is 20.3 Å². The molecule has 0 amide bonds. The van der Waals surface area contributed by atoms with Crippen LogP contribution in [0.25, 0.3) is 5.69 Å². The molecule has 0 radical (unpaired) electrons. The summed E-state index contributed by atoms with van der Waals surface area (Å²) in [4.78, 5) is 0. The summed E-state index contributed by atoms with van der Waals surface area (Å²) in [6, 6.07) is 12.2. The van der Waals surface area contributed by atoms with Crippen LogP contribution in [-0.4, -0.2) is 38.0 Å². The lowest BCUT2D eigenvalue weighted by Gasteiger charge is -2.13. The number of hydrogen-bond donors (Lipinski definition) is 1. The van der Waals surface area contributed by atoms with Crippen LogP contribution in [0.15, 0.2) is 35.5 Å². The van der Waals surface area contributed by atoms with Gasteiger partial charge in [0.1, 0.15) is 0 Å². The van der Waals surface area contributed by atoms with Gasteiger partial charge < -0.3 is 0 Å². The second kappa shape index (κ2) is 7.76. The van der Waals surface area contributed by atoms with Gasteiger partial charge in [0.15, 0.2) is 0 Å². The molecule has 0 bridgehead atoms. The molecular formula is C14H18N6S. The van der Waals surface area contributed by atoms with Crippen molar-refractivity contribution in [3.8, 4) is 11.8 Å². The zero-order valence-electron chi connectivity index (χ0n) is 12.1. The summed E-state index contributed by atoms with van der Waals surface area (Å²) in [6.45, 7) is 4.07. The third kappa shape index (κ3) is 4.55. The van der Waals surface area contributed by atoms with Gasteiger partial charge in [-0.15, -0.1) is 5.10 Å². The lowest BCUT2D eigenvalue weighted by atomic mass is 10.2. The average molecular weight is 302 g/mol. The summed E-state index contributed by atoms with van der Waals surface area (Å²) in [5, 5.41) is 24.8. The first-order valence-corrected chi connectivity index (χ1v) is 7.81. The predicted octanol–water partition coefficient (Wildman–Crippen LogP) is 2.03. The van der Waals surface area contributed by atoms with Gasteiger partial charge in [0, 0.05) is 11.8 Å². The van der Waals surface area contributed by atoms with Crippen molar-refractivity contribution >= 4 is 11.8 Å². The fourth-order valence-corrected chi connectivity index (χ4v) is 2.75. The summed E-state index contributed by atoms with van der Waals surface area (Å²) in [6.07, 6.45) is 0.751. The quantitative estimate of drug-likeness (QED) is 0.788. The number of hydrogen-bond acceptors (Lipinski definition) is 6. The Bertz CT molecular complexity index is 589. The number of rotatable bonds is 7. The number of thioether (sulfide) groups is 1. The van der Waals surface area contributed by atoms with E-state index in [0.717, 1.165) is 23.0 Å². The van der Waals surface area contributed by atoms with Gasteiger partial charge in [0.25, 0.3) is 0 Å². The molecule has 1 N–H and O–H groups in total. The molecule has 6 nitrogen and oxygen atoms in total. The van der Waals surface area contributed by atoms with Gasteiger partial charge >= 0.3 is 0 Å². The van der Waals surface area contributed by atoms with Crippen molar-refractivity contribution < 1.29 is 0 Å². The van der Waals surface area contributed by atoms with E-state index in [9.17, 15) is 0 Å². The highest BCUT2D eigenvalue weighted by Crippen LogP contribution is 2.19. The summed E-state index contributed by atoms with van der Waals surface area (Å²) in [5.74, 6) is 0.783. The van der Waals surface area contributed by atoms with E-state index in [1.807, 2.05) is 44.2 Å². The Kier molecular flexibility index (Phi) is 5.72. The molecule has 1 unspecified atom stereocenters. The fraction of sp³-hybridized carbons (Fsp3) is 0.429. The first-order chi connectivity index (χ1) is 10.2. The molecule has 0 spiro atoms. The van der Waals surface area contributed by atoms with Gasteiger partial charge in [-0.05, 0) is 42.8 Å². The van der Waals surface area contributed by atoms with E-state index in [4.69, 9.17) is 5.26 Å². The zero-order valence-corrected chi connectivity index (χ0v) is 12.9. The molecule has 0 saturated heterocycles. The molecule has 1 aromatic heterocycles. The van der Waals surface area contributed by atoms with Crippen LogP contribution in [0.2, 0.25) is 0 Å². The number of para-hydroxylation sites is 1. The third-order valence-corrected chi connectivity index (χ3v) is 3.72. The van der Waals surface area contributed by atoms with E-state index in [-0.39, 0.29) is 6.04 Å². The summed E-state index contributed by atoms with van der Waals surface area (Å²) >= 11 is 1.56. The second-order valence-electron chi connectivity index (χ2n) is 4.85. The van der Waals surface area contributed by atoms with Gasteiger partial charge in [-0.25, -0.2) is 0 Å². The number of tetrazole rings is 1. The van der Waals surface area contributed by atoms with Crippen molar-refractivity contribution in [3.05, 3.63) is 30.3 Å². The van der Waals surface area contributed by atoms with Gasteiger partial charge in [0.05, 0.1) is 17.8 Å². The van der Waals surface area contributed by atoms with Crippen molar-refractivity contribution in [2.75, 3.05) is 5.75 Å². The topological polar surface area (TPSA) is 79.4 Å². The maximum absolute atomic E-state index is 9.10. The Morgan fingerprint density at radius 3 is 2.76 bits per heavy atom. The highest BCUT2D eigenvalue weighted by atomic mass is 32.2. The van der Waals surface area contributed by atoms with Crippen LogP contribution in [-0.2, 0) is 0 Å². The van der Waals surface area contributed by atoms with Crippen LogP contribution in [0, 0.1) is 11.3 Å². The normalized spacial score (nSPS) is 12.3. The third-order valence-electron chi connectivity index (χ3n) is 2.77. The molecule has 110 valence electrons. The molecule has 0 aliphatic heterocycles. The van der Waals surface area contributed by atoms with Gasteiger partial charge in [-0.3, -0.25) is 5.32 Å². The van der Waals surface area contributed by atoms with E-state index in [2.05, 4.69) is 26.9 Å². The fourth-order valence-electron chi connectivity index (χ4n) is 1.86. The molecule has 0 aliphatic rings. The van der Waals surface area contributed by atoms with Crippen molar-refractivity contribution in [2.24, 2.45) is 0 Å². The van der Waals surface area contributed by atoms with Crippen LogP contribution >= 0.6 is 11.8 Å². The SMILES string of the molecule is CC(C)NC(C#N)CCSc1nnnn1-c1ccccc1. The Hall–Kier alpha value is -1.91. The van der Waals surface area contributed by atoms with Crippen LogP contribution in [0.5, 0.6) is 0 Å². The molecule has 2 rings (SSSR count). The molecule has 2 aromatic rings. The van der Waals surface area contributed by atoms with Crippen LogP contribution in [0.4, 0.5) is 0 Å².